The predicted molar refractivity (Wildman–Crippen MR) is 61.4 cm³/mol. The topological polar surface area (TPSA) is 69.2 Å². The zero-order valence-corrected chi connectivity index (χ0v) is 10.3. The largest absolute Gasteiger partial charge is 0.460 e. The van der Waals surface area contributed by atoms with Crippen molar-refractivity contribution < 1.29 is 14.3 Å². The Morgan fingerprint density at radius 3 is 2.29 bits per heavy atom. The molecular formula is C12H16N2O3. The third-order valence-corrected chi connectivity index (χ3v) is 1.79. The van der Waals surface area contributed by atoms with E-state index in [4.69, 9.17) is 4.74 Å². The number of carbonyl (C=O) groups is 2. The van der Waals surface area contributed by atoms with Crippen LogP contribution in [0.15, 0.2) is 18.5 Å². The van der Waals surface area contributed by atoms with Gasteiger partial charge in [0.05, 0.1) is 6.42 Å². The molecule has 0 saturated heterocycles. The van der Waals surface area contributed by atoms with Gasteiger partial charge in [-0.3, -0.25) is 9.59 Å². The number of rotatable bonds is 4. The van der Waals surface area contributed by atoms with Gasteiger partial charge in [-0.05, 0) is 26.8 Å². The fourth-order valence-electron chi connectivity index (χ4n) is 1.16. The zero-order chi connectivity index (χ0) is 12.9. The molecule has 0 atom stereocenters. The molecule has 5 nitrogen and oxygen atoms in total. The number of ketones is 1. The van der Waals surface area contributed by atoms with Gasteiger partial charge in [-0.25, -0.2) is 9.97 Å². The first kappa shape index (κ1) is 13.3. The number of carbonyl (C=O) groups excluding carboxylic acids is 2. The van der Waals surface area contributed by atoms with Gasteiger partial charge in [0.15, 0.2) is 5.82 Å². The van der Waals surface area contributed by atoms with Crippen LogP contribution < -0.4 is 0 Å². The highest BCUT2D eigenvalue weighted by molar-refractivity contribution is 5.94. The van der Waals surface area contributed by atoms with Crippen LogP contribution in [-0.2, 0) is 9.53 Å². The zero-order valence-electron chi connectivity index (χ0n) is 10.3. The Kier molecular flexibility index (Phi) is 4.31. The van der Waals surface area contributed by atoms with E-state index in [-0.39, 0.29) is 30.4 Å². The normalized spacial score (nSPS) is 11.0. The summed E-state index contributed by atoms with van der Waals surface area (Å²) in [5.74, 6) is -0.505. The maximum Gasteiger partial charge on any atom is 0.306 e. The van der Waals surface area contributed by atoms with Crippen LogP contribution in [0.2, 0.25) is 0 Å². The van der Waals surface area contributed by atoms with Crippen LogP contribution in [0, 0.1) is 0 Å². The van der Waals surface area contributed by atoms with E-state index < -0.39 is 5.60 Å². The fourth-order valence-corrected chi connectivity index (χ4v) is 1.16. The van der Waals surface area contributed by atoms with Crippen molar-refractivity contribution in [3.63, 3.8) is 0 Å². The molecule has 0 aromatic carbocycles. The standard InChI is InChI=1S/C12H16N2O3/c1-12(2,3)17-10(16)6-5-9(15)11-13-7-4-8-14-11/h4,7-8H,5-6H2,1-3H3. The molecule has 92 valence electrons. The third-order valence-electron chi connectivity index (χ3n) is 1.79. The summed E-state index contributed by atoms with van der Waals surface area (Å²) in [7, 11) is 0. The Morgan fingerprint density at radius 1 is 1.18 bits per heavy atom. The molecule has 5 heteroatoms. The Bertz CT molecular complexity index is 396. The monoisotopic (exact) mass is 236 g/mol. The van der Waals surface area contributed by atoms with E-state index in [2.05, 4.69) is 9.97 Å². The van der Waals surface area contributed by atoms with Gasteiger partial charge in [0.1, 0.15) is 5.60 Å². The Balaban J connectivity index is 2.42. The molecule has 0 radical (unpaired) electrons. The second-order valence-electron chi connectivity index (χ2n) is 4.58. The van der Waals surface area contributed by atoms with Crippen molar-refractivity contribution >= 4 is 11.8 Å². The van der Waals surface area contributed by atoms with Gasteiger partial charge >= 0.3 is 5.97 Å². The number of esters is 1. The van der Waals surface area contributed by atoms with Crippen molar-refractivity contribution in [2.24, 2.45) is 0 Å². The smallest absolute Gasteiger partial charge is 0.306 e. The van der Waals surface area contributed by atoms with E-state index in [0.717, 1.165) is 0 Å². The number of ether oxygens (including phenoxy) is 1. The Morgan fingerprint density at radius 2 is 1.76 bits per heavy atom. The van der Waals surface area contributed by atoms with Crippen molar-refractivity contribution in [3.8, 4) is 0 Å². The molecule has 0 aliphatic heterocycles. The van der Waals surface area contributed by atoms with E-state index in [9.17, 15) is 9.59 Å². The second kappa shape index (κ2) is 5.52. The predicted octanol–water partition coefficient (Wildman–Crippen LogP) is 1.78. The summed E-state index contributed by atoms with van der Waals surface area (Å²) in [5.41, 5.74) is -0.524. The highest BCUT2D eigenvalue weighted by Crippen LogP contribution is 2.09. The number of nitrogens with zero attached hydrogens (tertiary/aromatic N) is 2. The summed E-state index contributed by atoms with van der Waals surface area (Å²) in [6.07, 6.45) is 3.11. The van der Waals surface area contributed by atoms with Crippen molar-refractivity contribution in [1.82, 2.24) is 9.97 Å². The number of Topliss-reactive ketones (excluding diaryl/α,β-unsaturated/α-hetero) is 1. The fraction of sp³-hybridized carbons (Fsp3) is 0.500. The molecule has 0 bridgehead atoms. The van der Waals surface area contributed by atoms with Crippen LogP contribution in [0.1, 0.15) is 44.2 Å². The molecule has 1 rings (SSSR count). The molecule has 0 fully saturated rings. The molecule has 0 spiro atoms. The van der Waals surface area contributed by atoms with Gasteiger partial charge in [0.25, 0.3) is 0 Å². The Hall–Kier alpha value is -1.78. The van der Waals surface area contributed by atoms with E-state index in [0.29, 0.717) is 0 Å². The van der Waals surface area contributed by atoms with Gasteiger partial charge in [-0.2, -0.15) is 0 Å². The lowest BCUT2D eigenvalue weighted by Gasteiger charge is -2.19. The van der Waals surface area contributed by atoms with Crippen molar-refractivity contribution in [1.29, 1.82) is 0 Å². The summed E-state index contributed by atoms with van der Waals surface area (Å²) >= 11 is 0. The van der Waals surface area contributed by atoms with Crippen LogP contribution in [0.25, 0.3) is 0 Å². The van der Waals surface area contributed by atoms with Crippen molar-refractivity contribution in [3.05, 3.63) is 24.3 Å². The molecule has 0 aliphatic carbocycles. The molecule has 1 aromatic rings. The first-order valence-electron chi connectivity index (χ1n) is 5.40. The number of hydrogen-bond donors (Lipinski definition) is 0. The van der Waals surface area contributed by atoms with Crippen molar-refractivity contribution in [2.75, 3.05) is 0 Å². The summed E-state index contributed by atoms with van der Waals surface area (Å²) in [5, 5.41) is 0. The second-order valence-corrected chi connectivity index (χ2v) is 4.58. The van der Waals surface area contributed by atoms with Crippen LogP contribution >= 0.6 is 0 Å². The minimum atomic E-state index is -0.524. The molecule has 0 N–H and O–H groups in total. The van der Waals surface area contributed by atoms with Crippen LogP contribution in [0.3, 0.4) is 0 Å². The van der Waals surface area contributed by atoms with Crippen LogP contribution in [-0.4, -0.2) is 27.3 Å². The molecule has 0 amide bonds. The van der Waals surface area contributed by atoms with Crippen LogP contribution in [0.4, 0.5) is 0 Å². The summed E-state index contributed by atoms with van der Waals surface area (Å²) in [6.45, 7) is 5.35. The summed E-state index contributed by atoms with van der Waals surface area (Å²) in [4.78, 5) is 30.6. The molecule has 0 aliphatic rings. The van der Waals surface area contributed by atoms with Gasteiger partial charge in [-0.1, -0.05) is 0 Å². The highest BCUT2D eigenvalue weighted by atomic mass is 16.6. The molecular weight excluding hydrogens is 220 g/mol. The lowest BCUT2D eigenvalue weighted by atomic mass is 10.1. The number of aromatic nitrogens is 2. The quantitative estimate of drug-likeness (QED) is 0.588. The van der Waals surface area contributed by atoms with E-state index in [1.807, 2.05) is 0 Å². The van der Waals surface area contributed by atoms with Crippen LogP contribution in [0.5, 0.6) is 0 Å². The summed E-state index contributed by atoms with van der Waals surface area (Å²) < 4.78 is 5.09. The molecule has 0 unspecified atom stereocenters. The average Bonchev–Trinajstić information content (AvgIpc) is 2.25. The van der Waals surface area contributed by atoms with E-state index in [1.54, 1.807) is 26.8 Å². The number of hydrogen-bond acceptors (Lipinski definition) is 5. The molecule has 1 heterocycles. The maximum atomic E-state index is 11.6. The van der Waals surface area contributed by atoms with Crippen molar-refractivity contribution in [2.45, 2.75) is 39.2 Å². The average molecular weight is 236 g/mol. The van der Waals surface area contributed by atoms with Gasteiger partial charge in [-0.15, -0.1) is 0 Å². The van der Waals surface area contributed by atoms with E-state index >= 15 is 0 Å². The SMILES string of the molecule is CC(C)(C)OC(=O)CCC(=O)c1ncccn1. The summed E-state index contributed by atoms with van der Waals surface area (Å²) in [6, 6.07) is 1.63. The van der Waals surface area contributed by atoms with E-state index in [1.165, 1.54) is 12.4 Å². The molecule has 1 aromatic heterocycles. The highest BCUT2D eigenvalue weighted by Gasteiger charge is 2.18. The lowest BCUT2D eigenvalue weighted by Crippen LogP contribution is -2.24. The third kappa shape index (κ3) is 5.19. The molecule has 0 saturated carbocycles. The maximum absolute atomic E-state index is 11.6. The first-order valence-corrected chi connectivity index (χ1v) is 5.40. The Labute approximate surface area is 100 Å². The minimum absolute atomic E-state index is 0.0500. The van der Waals surface area contributed by atoms with Gasteiger partial charge in [0, 0.05) is 18.8 Å². The van der Waals surface area contributed by atoms with Gasteiger partial charge in [0.2, 0.25) is 5.78 Å². The van der Waals surface area contributed by atoms with Gasteiger partial charge < -0.3 is 4.74 Å². The first-order chi connectivity index (χ1) is 7.88. The molecule has 17 heavy (non-hydrogen) atoms. The minimum Gasteiger partial charge on any atom is -0.460 e. The lowest BCUT2D eigenvalue weighted by molar-refractivity contribution is -0.154.